The molecule has 2 heteroatoms. The first-order chi connectivity index (χ1) is 3.84. The van der Waals surface area contributed by atoms with E-state index < -0.39 is 0 Å². The zero-order valence-corrected chi connectivity index (χ0v) is 7.00. The van der Waals surface area contributed by atoms with Gasteiger partial charge in [-0.1, -0.05) is 5.92 Å². The van der Waals surface area contributed by atoms with Crippen molar-refractivity contribution in [3.8, 4) is 11.8 Å². The summed E-state index contributed by atoms with van der Waals surface area (Å²) < 4.78 is 0. The van der Waals surface area contributed by atoms with E-state index in [4.69, 9.17) is 0 Å². The van der Waals surface area contributed by atoms with Crippen LogP contribution in [0.4, 0.5) is 0 Å². The Labute approximate surface area is 52.8 Å². The quantitative estimate of drug-likeness (QED) is 0.488. The number of hydrogen-bond donors (Lipinski definition) is 0. The third-order valence-electron chi connectivity index (χ3n) is 1.00. The second-order valence-electron chi connectivity index (χ2n) is 1.62. The van der Waals surface area contributed by atoms with Crippen molar-refractivity contribution in [2.24, 2.45) is 0 Å². The maximum Gasteiger partial charge on any atom is 0.0510 e. The van der Waals surface area contributed by atoms with Gasteiger partial charge in [-0.25, -0.2) is 0 Å². The van der Waals surface area contributed by atoms with E-state index in [0.717, 1.165) is 15.7 Å². The van der Waals surface area contributed by atoms with Gasteiger partial charge in [0.2, 0.25) is 0 Å². The Morgan fingerprint density at radius 3 is 2.25 bits per heavy atom. The zero-order valence-electron chi connectivity index (χ0n) is 5.00. The smallest absolute Gasteiger partial charge is 0.0510 e. The van der Waals surface area contributed by atoms with Crippen LogP contribution in [0.1, 0.15) is 17.5 Å². The monoisotopic (exact) mass is 142 g/mol. The van der Waals surface area contributed by atoms with Gasteiger partial charge >= 0.3 is 0 Å². The molecule has 0 aliphatic heterocycles. The van der Waals surface area contributed by atoms with E-state index in [1.54, 1.807) is 0 Å². The molecule has 1 heterocycles. The van der Waals surface area contributed by atoms with Gasteiger partial charge in [-0.3, -0.25) is 0 Å². The zero-order chi connectivity index (χ0) is 5.98. The molecule has 42 valence electrons. The molecule has 0 N–H and O–H groups in total. The average molecular weight is 142 g/mol. The standard InChI is InChI=1S/C6H8P2/c1-3-4-6-5(2)7-8-6/h7-8H,1-2H3. The Kier molecular flexibility index (Phi) is 1.85. The highest BCUT2D eigenvalue weighted by atomic mass is 31.8. The predicted molar refractivity (Wildman–Crippen MR) is 42.7 cm³/mol. The molecule has 2 atom stereocenters. The van der Waals surface area contributed by atoms with E-state index >= 15 is 0 Å². The fourth-order valence-electron chi connectivity index (χ4n) is 0.500. The minimum absolute atomic E-state index is 1.03. The molecular formula is C6H8P2. The van der Waals surface area contributed by atoms with Crippen molar-refractivity contribution in [3.05, 3.63) is 10.6 Å². The van der Waals surface area contributed by atoms with Crippen molar-refractivity contribution in [2.45, 2.75) is 13.8 Å². The van der Waals surface area contributed by atoms with Gasteiger partial charge in [0.05, 0.1) is 5.30 Å². The number of hydrogen-bond acceptors (Lipinski definition) is 0. The number of aryl methyl sites for hydroxylation is 1. The van der Waals surface area contributed by atoms with Gasteiger partial charge in [0.25, 0.3) is 0 Å². The van der Waals surface area contributed by atoms with Gasteiger partial charge in [-0.15, -0.1) is 21.7 Å². The molecule has 0 radical (unpaired) electrons. The van der Waals surface area contributed by atoms with Crippen LogP contribution in [0, 0.1) is 18.8 Å². The van der Waals surface area contributed by atoms with Crippen LogP contribution in [0.2, 0.25) is 0 Å². The molecule has 0 nitrogen and oxygen atoms in total. The van der Waals surface area contributed by atoms with Gasteiger partial charge in [-0.05, 0) is 19.1 Å². The van der Waals surface area contributed by atoms with E-state index in [1.165, 1.54) is 10.6 Å². The third kappa shape index (κ3) is 1.00. The molecule has 1 aromatic rings. The summed E-state index contributed by atoms with van der Waals surface area (Å²) in [6, 6.07) is 0. The Morgan fingerprint density at radius 1 is 1.38 bits per heavy atom. The third-order valence-corrected chi connectivity index (χ3v) is 5.00. The number of rotatable bonds is 0. The first-order valence-corrected chi connectivity index (χ1v) is 5.50. The molecular weight excluding hydrogens is 134 g/mol. The Bertz CT molecular complexity index is 219. The molecule has 0 spiro atoms. The van der Waals surface area contributed by atoms with Crippen molar-refractivity contribution in [1.82, 2.24) is 0 Å². The highest BCUT2D eigenvalue weighted by Crippen LogP contribution is 2.37. The van der Waals surface area contributed by atoms with E-state index in [-0.39, 0.29) is 0 Å². The van der Waals surface area contributed by atoms with Crippen LogP contribution in [-0.4, -0.2) is 0 Å². The van der Waals surface area contributed by atoms with Gasteiger partial charge in [-0.2, -0.15) is 0 Å². The van der Waals surface area contributed by atoms with E-state index in [9.17, 15) is 0 Å². The molecule has 0 aliphatic carbocycles. The maximum atomic E-state index is 3.08. The largest absolute Gasteiger partial charge is 0.116 e. The minimum atomic E-state index is 1.03. The van der Waals surface area contributed by atoms with Crippen molar-refractivity contribution in [2.75, 3.05) is 0 Å². The molecule has 0 aliphatic rings. The second-order valence-corrected chi connectivity index (χ2v) is 4.88. The average Bonchev–Trinajstić information content (AvgIpc) is 1.79. The molecule has 0 amide bonds. The highest BCUT2D eigenvalue weighted by Gasteiger charge is 1.93. The van der Waals surface area contributed by atoms with Crippen molar-refractivity contribution < 1.29 is 0 Å². The first kappa shape index (κ1) is 6.03. The summed E-state index contributed by atoms with van der Waals surface area (Å²) in [5.74, 6) is 5.98. The molecule has 8 heavy (non-hydrogen) atoms. The summed E-state index contributed by atoms with van der Waals surface area (Å²) in [6.45, 7) is 4.07. The van der Waals surface area contributed by atoms with E-state index in [2.05, 4.69) is 18.8 Å². The van der Waals surface area contributed by atoms with Crippen LogP contribution in [0.3, 0.4) is 0 Å². The van der Waals surface area contributed by atoms with Crippen molar-refractivity contribution in [1.29, 1.82) is 0 Å². The van der Waals surface area contributed by atoms with Crippen LogP contribution < -0.4 is 0 Å². The van der Waals surface area contributed by atoms with E-state index in [0.29, 0.717) is 0 Å². The summed E-state index contributed by atoms with van der Waals surface area (Å²) in [5, 5.41) is 2.93. The topological polar surface area (TPSA) is 0 Å². The lowest BCUT2D eigenvalue weighted by molar-refractivity contribution is 1.63. The SMILES string of the molecule is CC#Cc1[pH][pH]c1C. The van der Waals surface area contributed by atoms with Crippen LogP contribution >= 0.6 is 15.7 Å². The minimum Gasteiger partial charge on any atom is -0.116 e. The lowest BCUT2D eigenvalue weighted by Gasteiger charge is -1.98. The molecule has 1 rings (SSSR count). The Morgan fingerprint density at radius 2 is 2.12 bits per heavy atom. The lowest BCUT2D eigenvalue weighted by Crippen LogP contribution is -1.70. The molecule has 0 saturated carbocycles. The summed E-state index contributed by atoms with van der Waals surface area (Å²) in [4.78, 5) is 0. The molecule has 0 fully saturated rings. The summed E-state index contributed by atoms with van der Waals surface area (Å²) in [6.07, 6.45) is 0. The van der Waals surface area contributed by atoms with Crippen molar-refractivity contribution in [3.63, 3.8) is 0 Å². The molecule has 0 aromatic carbocycles. The van der Waals surface area contributed by atoms with Gasteiger partial charge in [0.15, 0.2) is 0 Å². The lowest BCUT2D eigenvalue weighted by atomic mass is 10.4. The summed E-state index contributed by atoms with van der Waals surface area (Å²) in [5.41, 5.74) is 0. The Balaban J connectivity index is 2.79. The molecule has 1 aromatic heterocycles. The van der Waals surface area contributed by atoms with Gasteiger partial charge in [0.1, 0.15) is 0 Å². The second kappa shape index (κ2) is 2.45. The molecule has 2 unspecified atom stereocenters. The normalized spacial score (nSPS) is 10.2. The first-order valence-electron chi connectivity index (χ1n) is 2.50. The van der Waals surface area contributed by atoms with Crippen molar-refractivity contribution >= 4 is 15.7 Å². The fourth-order valence-corrected chi connectivity index (χ4v) is 2.94. The van der Waals surface area contributed by atoms with Crippen LogP contribution in [0.15, 0.2) is 0 Å². The van der Waals surface area contributed by atoms with Gasteiger partial charge in [0, 0.05) is 0 Å². The van der Waals surface area contributed by atoms with Gasteiger partial charge < -0.3 is 0 Å². The van der Waals surface area contributed by atoms with E-state index in [1.807, 2.05) is 6.92 Å². The fraction of sp³-hybridized carbons (Fsp3) is 0.333. The highest BCUT2D eigenvalue weighted by molar-refractivity contribution is 7.93. The maximum absolute atomic E-state index is 3.08. The predicted octanol–water partition coefficient (Wildman–Crippen LogP) is 2.43. The molecule has 0 bridgehead atoms. The Hall–Kier alpha value is -0.100. The van der Waals surface area contributed by atoms with Crippen LogP contribution in [0.5, 0.6) is 0 Å². The van der Waals surface area contributed by atoms with Crippen LogP contribution in [-0.2, 0) is 0 Å². The molecule has 0 saturated heterocycles. The summed E-state index contributed by atoms with van der Waals surface area (Å²) >= 11 is 0. The summed E-state index contributed by atoms with van der Waals surface area (Å²) in [7, 11) is 2.12. The van der Waals surface area contributed by atoms with Crippen LogP contribution in [0.25, 0.3) is 0 Å².